The van der Waals surface area contributed by atoms with Crippen molar-refractivity contribution in [3.63, 3.8) is 0 Å². The molecule has 19 heavy (non-hydrogen) atoms. The van der Waals surface area contributed by atoms with Crippen molar-refractivity contribution in [2.75, 3.05) is 20.3 Å². The topological polar surface area (TPSA) is 46.6 Å². The third-order valence-electron chi connectivity index (χ3n) is 3.62. The van der Waals surface area contributed by atoms with E-state index in [-0.39, 0.29) is 12.6 Å². The first-order valence-corrected chi connectivity index (χ1v) is 8.12. The largest absolute Gasteiger partial charge is 0.383 e. The van der Waals surface area contributed by atoms with E-state index >= 15 is 0 Å². The fourth-order valence-corrected chi connectivity index (χ4v) is 4.34. The second kappa shape index (κ2) is 6.03. The Morgan fingerprint density at radius 2 is 2.05 bits per heavy atom. The van der Waals surface area contributed by atoms with E-state index in [2.05, 4.69) is 0 Å². The van der Waals surface area contributed by atoms with Gasteiger partial charge in [0.05, 0.1) is 11.9 Å². The lowest BCUT2D eigenvalue weighted by atomic mass is 10.1. The monoisotopic (exact) mass is 283 g/mol. The van der Waals surface area contributed by atoms with Gasteiger partial charge >= 0.3 is 0 Å². The summed E-state index contributed by atoms with van der Waals surface area (Å²) in [4.78, 5) is 0. The van der Waals surface area contributed by atoms with Gasteiger partial charge in [-0.1, -0.05) is 30.3 Å². The molecule has 0 N–H and O–H groups in total. The van der Waals surface area contributed by atoms with E-state index in [1.165, 1.54) is 7.11 Å². The van der Waals surface area contributed by atoms with E-state index in [9.17, 15) is 8.42 Å². The van der Waals surface area contributed by atoms with Crippen LogP contribution in [0, 0.1) is 0 Å². The van der Waals surface area contributed by atoms with Gasteiger partial charge in [0.15, 0.2) is 0 Å². The molecule has 2 rings (SSSR count). The second-order valence-electron chi connectivity index (χ2n) is 4.99. The van der Waals surface area contributed by atoms with Crippen LogP contribution in [0.15, 0.2) is 30.3 Å². The molecule has 0 aromatic heterocycles. The zero-order chi connectivity index (χ0) is 13.9. The zero-order valence-corrected chi connectivity index (χ0v) is 12.3. The quantitative estimate of drug-likeness (QED) is 0.832. The molecule has 2 atom stereocenters. The summed E-state index contributed by atoms with van der Waals surface area (Å²) in [6.45, 7) is 2.55. The van der Waals surface area contributed by atoms with E-state index in [1.54, 1.807) is 11.2 Å². The van der Waals surface area contributed by atoms with Gasteiger partial charge in [-0.25, -0.2) is 8.42 Å². The molecular weight excluding hydrogens is 262 g/mol. The molecule has 0 amide bonds. The van der Waals surface area contributed by atoms with Crippen LogP contribution in [-0.4, -0.2) is 38.2 Å². The summed E-state index contributed by atoms with van der Waals surface area (Å²) in [5.74, 6) is 0. The molecule has 1 aliphatic heterocycles. The van der Waals surface area contributed by atoms with Crippen molar-refractivity contribution in [2.24, 2.45) is 0 Å². The van der Waals surface area contributed by atoms with Crippen molar-refractivity contribution in [1.29, 1.82) is 0 Å². The average molecular weight is 283 g/mol. The molecule has 5 heteroatoms. The van der Waals surface area contributed by atoms with Gasteiger partial charge in [-0.05, 0) is 25.3 Å². The maximum Gasteiger partial charge on any atom is 0.219 e. The first kappa shape index (κ1) is 14.5. The van der Waals surface area contributed by atoms with Gasteiger partial charge < -0.3 is 4.74 Å². The Labute approximate surface area is 115 Å². The predicted molar refractivity (Wildman–Crippen MR) is 75.4 cm³/mol. The predicted octanol–water partition coefficient (Wildman–Crippen LogP) is 2.19. The minimum absolute atomic E-state index is 0.0227. The number of ether oxygens (including phenoxy) is 1. The summed E-state index contributed by atoms with van der Waals surface area (Å²) in [6, 6.07) is 9.84. The number of methoxy groups -OCH3 is 1. The molecular formula is C14H21NO3S. The summed E-state index contributed by atoms with van der Waals surface area (Å²) in [5.41, 5.74) is 1.08. The third kappa shape index (κ3) is 2.99. The number of hydrogen-bond acceptors (Lipinski definition) is 3. The molecule has 4 nitrogen and oxygen atoms in total. The van der Waals surface area contributed by atoms with Crippen molar-refractivity contribution < 1.29 is 13.2 Å². The number of rotatable bonds is 5. The molecule has 0 aliphatic carbocycles. The Morgan fingerprint density at radius 1 is 1.37 bits per heavy atom. The van der Waals surface area contributed by atoms with Crippen molar-refractivity contribution in [1.82, 2.24) is 4.31 Å². The van der Waals surface area contributed by atoms with Gasteiger partial charge in [-0.3, -0.25) is 0 Å². The Balaban J connectivity index is 2.24. The van der Waals surface area contributed by atoms with Crippen LogP contribution in [0.2, 0.25) is 0 Å². The Kier molecular flexibility index (Phi) is 4.60. The maximum atomic E-state index is 12.6. The van der Waals surface area contributed by atoms with Crippen LogP contribution in [0.1, 0.15) is 31.4 Å². The second-order valence-corrected chi connectivity index (χ2v) is 7.29. The molecule has 0 unspecified atom stereocenters. The first-order valence-electron chi connectivity index (χ1n) is 6.62. The van der Waals surface area contributed by atoms with Gasteiger partial charge in [-0.2, -0.15) is 4.31 Å². The van der Waals surface area contributed by atoms with Gasteiger partial charge in [0, 0.05) is 19.7 Å². The molecule has 106 valence electrons. The summed E-state index contributed by atoms with van der Waals surface area (Å²) in [7, 11) is -1.76. The lowest BCUT2D eigenvalue weighted by molar-refractivity contribution is 0.197. The number of sulfonamides is 1. The summed E-state index contributed by atoms with van der Waals surface area (Å²) < 4.78 is 31.7. The highest BCUT2D eigenvalue weighted by atomic mass is 32.2. The van der Waals surface area contributed by atoms with Crippen molar-refractivity contribution in [2.45, 2.75) is 31.1 Å². The molecule has 1 heterocycles. The highest BCUT2D eigenvalue weighted by molar-refractivity contribution is 7.89. The molecule has 1 saturated heterocycles. The van der Waals surface area contributed by atoms with Crippen molar-refractivity contribution >= 4 is 10.0 Å². The molecule has 0 bridgehead atoms. The highest BCUT2D eigenvalue weighted by Crippen LogP contribution is 2.35. The molecule has 1 aromatic rings. The minimum atomic E-state index is -3.29. The molecule has 0 saturated carbocycles. The Hall–Kier alpha value is -0.910. The van der Waals surface area contributed by atoms with E-state index in [0.717, 1.165) is 18.4 Å². The third-order valence-corrected chi connectivity index (χ3v) is 5.87. The SMILES string of the molecule is COC[C@H](C)S(=O)(=O)N1CCC[C@H]1c1ccccc1. The smallest absolute Gasteiger partial charge is 0.219 e. The summed E-state index contributed by atoms with van der Waals surface area (Å²) in [6.07, 6.45) is 1.81. The Morgan fingerprint density at radius 3 is 2.68 bits per heavy atom. The lowest BCUT2D eigenvalue weighted by Gasteiger charge is -2.27. The van der Waals surface area contributed by atoms with Gasteiger partial charge in [0.2, 0.25) is 10.0 Å². The van der Waals surface area contributed by atoms with Crippen molar-refractivity contribution in [3.8, 4) is 0 Å². The standard InChI is InChI=1S/C14H21NO3S/c1-12(11-18-2)19(16,17)15-10-6-9-14(15)13-7-4-3-5-8-13/h3-5,7-8,12,14H,6,9-11H2,1-2H3/t12-,14-/m0/s1. The minimum Gasteiger partial charge on any atom is -0.383 e. The molecule has 1 fully saturated rings. The number of hydrogen-bond donors (Lipinski definition) is 0. The van der Waals surface area contributed by atoms with Crippen LogP contribution in [0.5, 0.6) is 0 Å². The van der Waals surface area contributed by atoms with Crippen molar-refractivity contribution in [3.05, 3.63) is 35.9 Å². The average Bonchev–Trinajstić information content (AvgIpc) is 2.90. The fraction of sp³-hybridized carbons (Fsp3) is 0.571. The van der Waals surface area contributed by atoms with E-state index in [0.29, 0.717) is 6.54 Å². The highest BCUT2D eigenvalue weighted by Gasteiger charge is 2.37. The van der Waals surface area contributed by atoms with Crippen LogP contribution in [-0.2, 0) is 14.8 Å². The first-order chi connectivity index (χ1) is 9.07. The fourth-order valence-electron chi connectivity index (χ4n) is 2.60. The Bertz CT molecular complexity index is 501. The van der Waals surface area contributed by atoms with E-state index in [4.69, 9.17) is 4.74 Å². The van der Waals surface area contributed by atoms with Crippen LogP contribution < -0.4 is 0 Å². The summed E-state index contributed by atoms with van der Waals surface area (Å²) in [5, 5.41) is -0.498. The van der Waals surface area contributed by atoms with Crippen LogP contribution in [0.25, 0.3) is 0 Å². The van der Waals surface area contributed by atoms with Crippen LogP contribution >= 0.6 is 0 Å². The molecule has 1 aromatic carbocycles. The number of nitrogens with zero attached hydrogens (tertiary/aromatic N) is 1. The van der Waals surface area contributed by atoms with Crippen LogP contribution in [0.4, 0.5) is 0 Å². The number of benzene rings is 1. The van der Waals surface area contributed by atoms with E-state index in [1.807, 2.05) is 30.3 Å². The lowest BCUT2D eigenvalue weighted by Crippen LogP contribution is -2.39. The maximum absolute atomic E-state index is 12.6. The normalized spacial score (nSPS) is 22.5. The summed E-state index contributed by atoms with van der Waals surface area (Å²) >= 11 is 0. The molecule has 0 spiro atoms. The van der Waals surface area contributed by atoms with E-state index < -0.39 is 15.3 Å². The zero-order valence-electron chi connectivity index (χ0n) is 11.5. The van der Waals surface area contributed by atoms with Gasteiger partial charge in [0.25, 0.3) is 0 Å². The van der Waals surface area contributed by atoms with Gasteiger partial charge in [-0.15, -0.1) is 0 Å². The molecule has 0 radical (unpaired) electrons. The van der Waals surface area contributed by atoms with Gasteiger partial charge in [0.1, 0.15) is 0 Å². The van der Waals surface area contributed by atoms with Crippen LogP contribution in [0.3, 0.4) is 0 Å². The molecule has 1 aliphatic rings.